The van der Waals surface area contributed by atoms with Gasteiger partial charge in [-0.25, -0.2) is 4.79 Å². The molecule has 1 fully saturated rings. The number of nitrogens with zero attached hydrogens (tertiary/aromatic N) is 3. The molecule has 0 aliphatic carbocycles. The molecular formula is C20H17ClN4O4. The smallest absolute Gasteiger partial charge is 0.325 e. The Morgan fingerprint density at radius 3 is 2.66 bits per heavy atom. The Labute approximate surface area is 171 Å². The van der Waals surface area contributed by atoms with E-state index in [0.29, 0.717) is 27.7 Å². The van der Waals surface area contributed by atoms with E-state index in [-0.39, 0.29) is 12.4 Å². The highest BCUT2D eigenvalue weighted by molar-refractivity contribution is 6.30. The van der Waals surface area contributed by atoms with Gasteiger partial charge in [0.25, 0.3) is 5.91 Å². The zero-order valence-electron chi connectivity index (χ0n) is 15.7. The van der Waals surface area contributed by atoms with E-state index in [1.54, 1.807) is 62.6 Å². The number of amides is 3. The van der Waals surface area contributed by atoms with Crippen LogP contribution in [0.15, 0.2) is 53.1 Å². The summed E-state index contributed by atoms with van der Waals surface area (Å²) in [7, 11) is 1.56. The molecule has 1 N–H and O–H groups in total. The highest BCUT2D eigenvalue weighted by Gasteiger charge is 2.49. The molecule has 3 amide bonds. The summed E-state index contributed by atoms with van der Waals surface area (Å²) in [4.78, 5) is 30.8. The van der Waals surface area contributed by atoms with Gasteiger partial charge in [0.1, 0.15) is 17.8 Å². The summed E-state index contributed by atoms with van der Waals surface area (Å²) in [5.74, 6) is 0.718. The Balaban J connectivity index is 1.55. The van der Waals surface area contributed by atoms with Crippen molar-refractivity contribution in [3.8, 4) is 17.1 Å². The first-order valence-electron chi connectivity index (χ1n) is 8.78. The standard InChI is InChI=1S/C20H17ClN4O4/c1-20(13-6-8-15(28-2)9-7-13)18(26)25(19(27)23-20)11-16-22-17(24-29-16)12-4-3-5-14(21)10-12/h3-10H,11H2,1-2H3,(H,23,27). The summed E-state index contributed by atoms with van der Waals surface area (Å²) in [6.07, 6.45) is 0. The van der Waals surface area contributed by atoms with Crippen LogP contribution in [0.3, 0.4) is 0 Å². The molecular weight excluding hydrogens is 396 g/mol. The van der Waals surface area contributed by atoms with Crippen molar-refractivity contribution in [3.63, 3.8) is 0 Å². The van der Waals surface area contributed by atoms with Gasteiger partial charge in [0.2, 0.25) is 11.7 Å². The lowest BCUT2D eigenvalue weighted by Crippen LogP contribution is -2.40. The molecule has 29 heavy (non-hydrogen) atoms. The topological polar surface area (TPSA) is 97.6 Å². The van der Waals surface area contributed by atoms with E-state index in [4.69, 9.17) is 20.9 Å². The van der Waals surface area contributed by atoms with Crippen LogP contribution in [0.2, 0.25) is 5.02 Å². The van der Waals surface area contributed by atoms with Gasteiger partial charge in [0.15, 0.2) is 0 Å². The van der Waals surface area contributed by atoms with Gasteiger partial charge >= 0.3 is 6.03 Å². The molecule has 0 saturated carbocycles. The zero-order valence-corrected chi connectivity index (χ0v) is 16.4. The van der Waals surface area contributed by atoms with Gasteiger partial charge in [0.05, 0.1) is 7.11 Å². The van der Waals surface area contributed by atoms with Crippen LogP contribution in [0.5, 0.6) is 5.75 Å². The van der Waals surface area contributed by atoms with Crippen LogP contribution in [0, 0.1) is 0 Å². The minimum Gasteiger partial charge on any atom is -0.497 e. The molecule has 0 spiro atoms. The van der Waals surface area contributed by atoms with E-state index in [0.717, 1.165) is 4.90 Å². The number of methoxy groups -OCH3 is 1. The van der Waals surface area contributed by atoms with Crippen LogP contribution in [0.1, 0.15) is 18.4 Å². The first kappa shape index (κ1) is 18.9. The molecule has 1 saturated heterocycles. The fourth-order valence-electron chi connectivity index (χ4n) is 3.16. The minimum absolute atomic E-state index is 0.135. The van der Waals surface area contributed by atoms with Crippen LogP contribution in [0.25, 0.3) is 11.4 Å². The number of halogens is 1. The van der Waals surface area contributed by atoms with Crippen molar-refractivity contribution in [3.05, 3.63) is 65.0 Å². The summed E-state index contributed by atoms with van der Waals surface area (Å²) >= 11 is 5.99. The van der Waals surface area contributed by atoms with E-state index in [1.807, 2.05) is 0 Å². The second kappa shape index (κ2) is 7.21. The predicted octanol–water partition coefficient (Wildman–Crippen LogP) is 3.37. The number of rotatable bonds is 5. The molecule has 1 unspecified atom stereocenters. The quantitative estimate of drug-likeness (QED) is 0.645. The maximum absolute atomic E-state index is 13.0. The number of carbonyl (C=O) groups is 2. The molecule has 148 valence electrons. The highest BCUT2D eigenvalue weighted by Crippen LogP contribution is 2.31. The SMILES string of the molecule is COc1ccc(C2(C)NC(=O)N(Cc3nc(-c4cccc(Cl)c4)no3)C2=O)cc1. The fourth-order valence-corrected chi connectivity index (χ4v) is 3.35. The van der Waals surface area contributed by atoms with Crippen molar-refractivity contribution < 1.29 is 18.8 Å². The van der Waals surface area contributed by atoms with Gasteiger partial charge in [-0.05, 0) is 36.8 Å². The molecule has 3 aromatic rings. The van der Waals surface area contributed by atoms with Crippen molar-refractivity contribution >= 4 is 23.5 Å². The molecule has 1 aliphatic heterocycles. The van der Waals surface area contributed by atoms with Crippen LogP contribution < -0.4 is 10.1 Å². The lowest BCUT2D eigenvalue weighted by atomic mass is 9.92. The van der Waals surface area contributed by atoms with E-state index >= 15 is 0 Å². The van der Waals surface area contributed by atoms with E-state index < -0.39 is 17.5 Å². The number of nitrogens with one attached hydrogen (secondary N) is 1. The number of imide groups is 1. The molecule has 8 nitrogen and oxygen atoms in total. The lowest BCUT2D eigenvalue weighted by molar-refractivity contribution is -0.131. The van der Waals surface area contributed by atoms with Crippen molar-refractivity contribution in [2.24, 2.45) is 0 Å². The molecule has 9 heteroatoms. The third-order valence-corrected chi connectivity index (χ3v) is 5.02. The van der Waals surface area contributed by atoms with E-state index in [2.05, 4.69) is 15.5 Å². The number of hydrogen-bond acceptors (Lipinski definition) is 6. The Hall–Kier alpha value is -3.39. The summed E-state index contributed by atoms with van der Waals surface area (Å²) < 4.78 is 10.4. The number of aromatic nitrogens is 2. The zero-order chi connectivity index (χ0) is 20.6. The predicted molar refractivity (Wildman–Crippen MR) is 104 cm³/mol. The molecule has 1 aromatic heterocycles. The van der Waals surface area contributed by atoms with E-state index in [9.17, 15) is 9.59 Å². The minimum atomic E-state index is -1.20. The van der Waals surface area contributed by atoms with Crippen molar-refractivity contribution in [2.75, 3.05) is 7.11 Å². The molecule has 2 aromatic carbocycles. The highest BCUT2D eigenvalue weighted by atomic mass is 35.5. The normalized spacial score (nSPS) is 18.8. The van der Waals surface area contributed by atoms with Crippen molar-refractivity contribution in [1.29, 1.82) is 0 Å². The monoisotopic (exact) mass is 412 g/mol. The van der Waals surface area contributed by atoms with Gasteiger partial charge < -0.3 is 14.6 Å². The van der Waals surface area contributed by atoms with Gasteiger partial charge in [-0.1, -0.05) is 41.0 Å². The van der Waals surface area contributed by atoms with Crippen LogP contribution in [0.4, 0.5) is 4.79 Å². The molecule has 1 aliphatic rings. The maximum atomic E-state index is 13.0. The van der Waals surface area contributed by atoms with Gasteiger partial charge in [0, 0.05) is 10.6 Å². The van der Waals surface area contributed by atoms with Crippen molar-refractivity contribution in [2.45, 2.75) is 19.0 Å². The first-order valence-corrected chi connectivity index (χ1v) is 9.15. The average Bonchev–Trinajstić information content (AvgIpc) is 3.27. The van der Waals surface area contributed by atoms with Gasteiger partial charge in [-0.2, -0.15) is 4.98 Å². The second-order valence-corrected chi connectivity index (χ2v) is 7.13. The van der Waals surface area contributed by atoms with Crippen LogP contribution in [-0.4, -0.2) is 34.1 Å². The summed E-state index contributed by atoms with van der Waals surface area (Å²) in [5.41, 5.74) is 0.121. The number of ether oxygens (including phenoxy) is 1. The second-order valence-electron chi connectivity index (χ2n) is 6.70. The van der Waals surface area contributed by atoms with E-state index in [1.165, 1.54) is 0 Å². The molecule has 1 atom stereocenters. The number of hydrogen-bond donors (Lipinski definition) is 1. The van der Waals surface area contributed by atoms with Crippen LogP contribution in [-0.2, 0) is 16.9 Å². The molecule has 4 rings (SSSR count). The Morgan fingerprint density at radius 2 is 1.97 bits per heavy atom. The third-order valence-electron chi connectivity index (χ3n) is 4.79. The maximum Gasteiger partial charge on any atom is 0.325 e. The number of urea groups is 1. The molecule has 0 radical (unpaired) electrons. The summed E-state index contributed by atoms with van der Waals surface area (Å²) in [5, 5.41) is 7.18. The lowest BCUT2D eigenvalue weighted by Gasteiger charge is -2.22. The number of carbonyl (C=O) groups excluding carboxylic acids is 2. The Bertz CT molecular complexity index is 1080. The van der Waals surface area contributed by atoms with Gasteiger partial charge in [-0.15, -0.1) is 0 Å². The van der Waals surface area contributed by atoms with Crippen LogP contribution >= 0.6 is 11.6 Å². The fraction of sp³-hybridized carbons (Fsp3) is 0.200. The number of benzene rings is 2. The molecule has 0 bridgehead atoms. The largest absolute Gasteiger partial charge is 0.497 e. The van der Waals surface area contributed by atoms with Gasteiger partial charge in [-0.3, -0.25) is 9.69 Å². The third kappa shape index (κ3) is 3.42. The Kier molecular flexibility index (Phi) is 4.71. The molecule has 2 heterocycles. The average molecular weight is 413 g/mol. The summed E-state index contributed by atoms with van der Waals surface area (Å²) in [6.45, 7) is 1.52. The first-order chi connectivity index (χ1) is 13.9. The summed E-state index contributed by atoms with van der Waals surface area (Å²) in [6, 6.07) is 13.4. The van der Waals surface area contributed by atoms with Crippen molar-refractivity contribution in [1.82, 2.24) is 20.4 Å². The Morgan fingerprint density at radius 1 is 1.21 bits per heavy atom.